The van der Waals surface area contributed by atoms with E-state index < -0.39 is 17.4 Å². The fourth-order valence-electron chi connectivity index (χ4n) is 7.70. The van der Waals surface area contributed by atoms with Crippen molar-refractivity contribution in [2.24, 2.45) is 28.2 Å². The van der Waals surface area contributed by atoms with E-state index in [-0.39, 0.29) is 54.3 Å². The van der Waals surface area contributed by atoms with Crippen molar-refractivity contribution in [3.8, 4) is 45.7 Å². The Morgan fingerprint density at radius 1 is 0.460 bits per heavy atom. The van der Waals surface area contributed by atoms with Crippen LogP contribution < -0.4 is 41.7 Å². The quantitative estimate of drug-likeness (QED) is 0.0913. The molecule has 0 unspecified atom stereocenters. The molecule has 31 heteroatoms. The van der Waals surface area contributed by atoms with Crippen molar-refractivity contribution >= 4 is 27.5 Å². The molecule has 0 aliphatic heterocycles. The van der Waals surface area contributed by atoms with E-state index in [2.05, 4.69) is 57.6 Å². The number of tetrazole rings is 4. The average molecular weight is 1280 g/mol. The number of benzene rings is 4. The number of aromatic nitrogens is 16. The molecule has 0 aliphatic rings. The molecule has 0 saturated heterocycles. The molecule has 8 heterocycles. The standard InChI is InChI=1S/C14H13BrN4O3.C14H13ClN4O3.C14H13FN4O3.C14H14N4O3/c3*1-9-5-3-4-6-12(9)21-7-10-11(8-22-13(10)15)19-14(20)18(2)16-17-19;1-10-5-3-4-6-13(10)21-8-11-7-20-9-12(11)18-14(19)17(2)15-16-18/h3*3-6,8H,7H2,1-2H3;3-7,9H,8H2,1-2H3/i4*3T. The lowest BCUT2D eigenvalue weighted by Crippen LogP contribution is -2.22. The first kappa shape index (κ1) is 55.6. The normalized spacial score (nSPS) is 11.5. The van der Waals surface area contributed by atoms with Gasteiger partial charge in [-0.2, -0.15) is 41.8 Å². The first-order valence-corrected chi connectivity index (χ1v) is 26.7. The number of halogens is 3. The van der Waals surface area contributed by atoms with E-state index in [9.17, 15) is 23.6 Å². The van der Waals surface area contributed by atoms with Crippen molar-refractivity contribution in [2.45, 2.75) is 54.1 Å². The molecule has 4 aromatic carbocycles. The third kappa shape index (κ3) is 14.0. The molecule has 0 saturated carbocycles. The third-order valence-electron chi connectivity index (χ3n) is 12.6. The maximum Gasteiger partial charge on any atom is 0.368 e. The Morgan fingerprint density at radius 3 is 1.21 bits per heavy atom. The molecule has 8 aromatic heterocycles. The Morgan fingerprint density at radius 2 is 0.805 bits per heavy atom. The van der Waals surface area contributed by atoms with Gasteiger partial charge in [-0.05, 0) is 143 Å². The van der Waals surface area contributed by atoms with E-state index >= 15 is 0 Å². The molecule has 0 bridgehead atoms. The molecule has 0 aliphatic carbocycles. The van der Waals surface area contributed by atoms with Crippen LogP contribution in [0.4, 0.5) is 4.39 Å². The number of hydrogen-bond donors (Lipinski definition) is 0. The van der Waals surface area contributed by atoms with E-state index in [1.54, 1.807) is 79.7 Å². The molecule has 87 heavy (non-hydrogen) atoms. The van der Waals surface area contributed by atoms with Gasteiger partial charge >= 0.3 is 22.8 Å². The summed E-state index contributed by atoms with van der Waals surface area (Å²) in [6.07, 6.45) is 6.76. The van der Waals surface area contributed by atoms with E-state index in [1.807, 2.05) is 20.8 Å². The van der Waals surface area contributed by atoms with Crippen LogP contribution in [0, 0.1) is 33.7 Å². The average Bonchev–Trinajstić information content (AvgIpc) is 1.76. The van der Waals surface area contributed by atoms with Gasteiger partial charge in [-0.15, -0.1) is 0 Å². The predicted octanol–water partition coefficient (Wildman–Crippen LogP) is 7.34. The Labute approximate surface area is 509 Å². The number of rotatable bonds is 16. The van der Waals surface area contributed by atoms with Gasteiger partial charge in [0, 0.05) is 28.2 Å². The van der Waals surface area contributed by atoms with Crippen LogP contribution in [0.25, 0.3) is 22.7 Å². The van der Waals surface area contributed by atoms with E-state index in [0.717, 1.165) is 66.0 Å². The maximum absolute atomic E-state index is 13.9. The fourth-order valence-corrected chi connectivity index (χ4v) is 8.30. The van der Waals surface area contributed by atoms with Gasteiger partial charge in [0.1, 0.15) is 97.2 Å². The first-order chi connectivity index (χ1) is 43.5. The molecule has 0 N–H and O–H groups in total. The van der Waals surface area contributed by atoms with Crippen molar-refractivity contribution in [3.63, 3.8) is 0 Å². The lowest BCUT2D eigenvalue weighted by atomic mass is 10.2. The summed E-state index contributed by atoms with van der Waals surface area (Å²) in [5.74, 6) is 2.47. The molecule has 0 fully saturated rings. The molecule has 12 rings (SSSR count). The summed E-state index contributed by atoms with van der Waals surface area (Å²) >= 11 is 9.34. The molecular weight excluding hydrogens is 1220 g/mol. The van der Waals surface area contributed by atoms with E-state index in [4.69, 9.17) is 53.7 Å². The van der Waals surface area contributed by atoms with Crippen LogP contribution >= 0.6 is 27.5 Å². The summed E-state index contributed by atoms with van der Waals surface area (Å²) in [5, 5.41) is 29.7. The summed E-state index contributed by atoms with van der Waals surface area (Å²) in [7, 11) is 5.97. The molecule has 0 amide bonds. The highest BCUT2D eigenvalue weighted by molar-refractivity contribution is 9.10. The van der Waals surface area contributed by atoms with Crippen molar-refractivity contribution < 1.29 is 46.5 Å². The zero-order valence-electron chi connectivity index (χ0n) is 51.3. The van der Waals surface area contributed by atoms with E-state index in [0.29, 0.717) is 85.6 Å². The van der Waals surface area contributed by atoms with Gasteiger partial charge < -0.3 is 36.6 Å². The predicted molar refractivity (Wildman–Crippen MR) is 310 cm³/mol. The van der Waals surface area contributed by atoms with E-state index in [1.165, 1.54) is 53.2 Å². The maximum atomic E-state index is 13.9. The Balaban J connectivity index is 0.000000144. The number of aryl methyl sites for hydroxylation is 8. The highest BCUT2D eigenvalue weighted by Gasteiger charge is 2.23. The van der Waals surface area contributed by atoms with Crippen LogP contribution in [-0.4, -0.2) is 79.2 Å². The highest BCUT2D eigenvalue weighted by Crippen LogP contribution is 2.30. The summed E-state index contributed by atoms with van der Waals surface area (Å²) in [5.41, 5.74) is 4.95. The van der Waals surface area contributed by atoms with Gasteiger partial charge in [0.05, 0.1) is 34.0 Å². The Kier molecular flexibility index (Phi) is 17.5. The molecule has 0 spiro atoms. The summed E-state index contributed by atoms with van der Waals surface area (Å²) in [4.78, 5) is 47.7. The van der Waals surface area contributed by atoms with Crippen molar-refractivity contribution in [1.82, 2.24) is 79.2 Å². The van der Waals surface area contributed by atoms with Crippen molar-refractivity contribution in [2.75, 3.05) is 0 Å². The Bertz CT molecular complexity index is 4450. The summed E-state index contributed by atoms with van der Waals surface area (Å²) in [6.45, 7) is 7.69. The molecular formula is C56H53BrClFN16O12. The second-order valence-corrected chi connectivity index (χ2v) is 19.6. The van der Waals surface area contributed by atoms with Gasteiger partial charge in [-0.3, -0.25) is 0 Å². The molecule has 28 nitrogen and oxygen atoms in total. The first-order valence-electron chi connectivity index (χ1n) is 27.6. The lowest BCUT2D eigenvalue weighted by molar-refractivity contribution is 0.280. The van der Waals surface area contributed by atoms with Crippen LogP contribution in [0.1, 0.15) is 50.0 Å². The molecule has 450 valence electrons. The molecule has 12 aromatic rings. The minimum atomic E-state index is -0.854. The van der Waals surface area contributed by atoms with Gasteiger partial charge in [-0.25, -0.2) is 19.2 Å². The number of nitrogens with zero attached hydrogens (tertiary/aromatic N) is 16. The van der Waals surface area contributed by atoms with Gasteiger partial charge in [0.15, 0.2) is 4.67 Å². The van der Waals surface area contributed by atoms with Crippen molar-refractivity contribution in [3.05, 3.63) is 231 Å². The van der Waals surface area contributed by atoms with Crippen LogP contribution in [0.3, 0.4) is 0 Å². The molecule has 0 radical (unpaired) electrons. The van der Waals surface area contributed by atoms with Crippen molar-refractivity contribution in [1.29, 1.82) is 0 Å². The lowest BCUT2D eigenvalue weighted by Gasteiger charge is -2.09. The number of ether oxygens (including phenoxy) is 4. The SMILES string of the molecule is [3H]c1ccc(OCc2c(-n3nnn(C)c3=O)coc2Br)c(C)c1.[3H]c1ccc(OCc2c(-n3nnn(C)c3=O)coc2Cl)c(C)c1.[3H]c1ccc(OCc2c(-n3nnn(C)c3=O)coc2F)c(C)c1.[3H]c1ccc(OCc2cocc2-n2nnn(C)c2=O)c(C)c1. The highest BCUT2D eigenvalue weighted by atomic mass is 79.9. The molecule has 0 atom stereocenters. The largest absolute Gasteiger partial charge is 0.488 e. The number of furan rings is 4. The zero-order chi connectivity index (χ0) is 65.4. The Hall–Kier alpha value is -10.6. The topological polar surface area (TPSA) is 300 Å². The second-order valence-electron chi connectivity index (χ2n) is 18.5. The fraction of sp³-hybridized carbons (Fsp3) is 0.214. The van der Waals surface area contributed by atoms with Crippen LogP contribution in [-0.2, 0) is 54.6 Å². The van der Waals surface area contributed by atoms with Gasteiger partial charge in [-0.1, -0.05) is 72.7 Å². The monoisotopic (exact) mass is 1280 g/mol. The van der Waals surface area contributed by atoms with Crippen LogP contribution in [0.2, 0.25) is 5.22 Å². The van der Waals surface area contributed by atoms with Gasteiger partial charge in [0.25, 0.3) is 6.01 Å². The van der Waals surface area contributed by atoms with Gasteiger partial charge in [0.2, 0.25) is 5.22 Å². The van der Waals surface area contributed by atoms with Crippen LogP contribution in [0.15, 0.2) is 170 Å². The smallest absolute Gasteiger partial charge is 0.368 e. The minimum absolute atomic E-state index is 0.0574. The van der Waals surface area contributed by atoms with Crippen LogP contribution in [0.5, 0.6) is 23.0 Å². The number of hydrogen-bond acceptors (Lipinski definition) is 20. The summed E-state index contributed by atoms with van der Waals surface area (Å²) < 4.78 is 96.4. The minimum Gasteiger partial charge on any atom is -0.488 e. The number of para-hydroxylation sites is 4. The third-order valence-corrected chi connectivity index (χ3v) is 13.5. The zero-order valence-corrected chi connectivity index (χ0v) is 49.7. The summed E-state index contributed by atoms with van der Waals surface area (Å²) in [6, 6.07) is 20.9. The second kappa shape index (κ2) is 27.4.